The van der Waals surface area contributed by atoms with E-state index >= 15 is 0 Å². The highest BCUT2D eigenvalue weighted by molar-refractivity contribution is 7.47. The molecule has 0 amide bonds. The third-order valence-corrected chi connectivity index (χ3v) is 12.6. The molecule has 2 unspecified atom stereocenters. The second-order valence-corrected chi connectivity index (χ2v) is 19.2. The Balaban J connectivity index is 3.89. The molecule has 0 spiro atoms. The molecule has 362 valence electrons. The molecule has 3 N–H and O–H groups in total. The van der Waals surface area contributed by atoms with E-state index in [2.05, 4.69) is 38.2 Å². The number of rotatable bonds is 51. The summed E-state index contributed by atoms with van der Waals surface area (Å²) in [6.45, 7) is 4.95. The molecule has 0 rings (SSSR count). The Bertz CT molecular complexity index is 993. The van der Waals surface area contributed by atoms with Gasteiger partial charge in [-0.05, 0) is 44.9 Å². The van der Waals surface area contributed by atoms with Crippen molar-refractivity contribution < 1.29 is 32.8 Å². The Hall–Kier alpha value is -1.02. The number of phosphoric acid groups is 1. The Morgan fingerprint density at radius 3 is 1.31 bits per heavy atom. The quantitative estimate of drug-likeness (QED) is 0.0268. The second-order valence-electron chi connectivity index (χ2n) is 17.7. The van der Waals surface area contributed by atoms with E-state index in [0.717, 1.165) is 38.5 Å². The van der Waals surface area contributed by atoms with Gasteiger partial charge in [-0.25, -0.2) is 4.57 Å². The summed E-state index contributed by atoms with van der Waals surface area (Å²) in [5, 5.41) is 0. The average molecular weight is 884 g/mol. The summed E-state index contributed by atoms with van der Waals surface area (Å²) in [7, 11) is -4.28. The lowest BCUT2D eigenvalue weighted by molar-refractivity contribution is -0.154. The number of carbonyl (C=O) groups is 1. The minimum atomic E-state index is -4.28. The lowest BCUT2D eigenvalue weighted by atomic mass is 10.0. The number of unbranched alkanes of at least 4 members (excludes halogenated alkanes) is 34. The molecule has 0 bridgehead atoms. The number of hydrogen-bond acceptors (Lipinski definition) is 7. The Kier molecular flexibility index (Phi) is 49.2. The first-order chi connectivity index (χ1) is 29.9. The molecule has 0 aliphatic heterocycles. The summed E-state index contributed by atoms with van der Waals surface area (Å²) in [6, 6.07) is 0. The molecule has 0 radical (unpaired) electrons. The molecule has 0 aliphatic carbocycles. The molecule has 2 atom stereocenters. The summed E-state index contributed by atoms with van der Waals surface area (Å²) in [6.07, 6.45) is 57.9. The zero-order valence-corrected chi connectivity index (χ0v) is 41.3. The maximum atomic E-state index is 12.7. The molecule has 0 saturated carbocycles. The number of allylic oxidation sites excluding steroid dienone is 4. The number of hydrogen-bond donors (Lipinski definition) is 2. The van der Waals surface area contributed by atoms with Crippen LogP contribution in [0.15, 0.2) is 24.3 Å². The van der Waals surface area contributed by atoms with E-state index < -0.39 is 13.9 Å². The molecule has 0 aromatic carbocycles. The van der Waals surface area contributed by atoms with Crippen LogP contribution >= 0.6 is 7.82 Å². The van der Waals surface area contributed by atoms with Crippen molar-refractivity contribution >= 4 is 13.8 Å². The number of carbonyl (C=O) groups excluding carboxylic acids is 1. The van der Waals surface area contributed by atoms with Crippen molar-refractivity contribution in [2.24, 2.45) is 5.73 Å². The van der Waals surface area contributed by atoms with Crippen LogP contribution in [0.1, 0.15) is 264 Å². The maximum absolute atomic E-state index is 12.7. The standard InChI is InChI=1S/C52H102NO7P/c1-3-5-7-9-11-13-15-17-19-21-23-24-25-26-28-30-32-34-36-38-40-42-44-47-57-49-51(50-59-61(55,56)58-48-46-53)60-52(54)45-43-41-39-37-35-33-31-29-27-22-20-18-16-14-12-10-8-6-4-2/h12,14,18,20,51H,3-11,13,15-17,19,21-50,53H2,1-2H3,(H,55,56)/b14-12-,20-18-. The number of nitrogens with two attached hydrogens (primary N) is 1. The largest absolute Gasteiger partial charge is 0.472 e. The van der Waals surface area contributed by atoms with Crippen molar-refractivity contribution in [1.29, 1.82) is 0 Å². The minimum absolute atomic E-state index is 0.0938. The van der Waals surface area contributed by atoms with Crippen LogP contribution in [0.5, 0.6) is 0 Å². The predicted octanol–water partition coefficient (Wildman–Crippen LogP) is 16.4. The highest BCUT2D eigenvalue weighted by atomic mass is 31.2. The maximum Gasteiger partial charge on any atom is 0.472 e. The van der Waals surface area contributed by atoms with E-state index in [1.807, 2.05) is 0 Å². The first-order valence-corrected chi connectivity index (χ1v) is 27.8. The number of ether oxygens (including phenoxy) is 2. The minimum Gasteiger partial charge on any atom is -0.457 e. The Morgan fingerprint density at radius 1 is 0.492 bits per heavy atom. The molecule has 0 heterocycles. The second kappa shape index (κ2) is 50.0. The van der Waals surface area contributed by atoms with Gasteiger partial charge in [0, 0.05) is 19.6 Å². The predicted molar refractivity (Wildman–Crippen MR) is 261 cm³/mol. The van der Waals surface area contributed by atoms with Gasteiger partial charge < -0.3 is 20.1 Å². The van der Waals surface area contributed by atoms with Crippen LogP contribution in [0.2, 0.25) is 0 Å². The van der Waals surface area contributed by atoms with Gasteiger partial charge in [0.25, 0.3) is 0 Å². The van der Waals surface area contributed by atoms with Gasteiger partial charge in [0.1, 0.15) is 6.10 Å². The summed E-state index contributed by atoms with van der Waals surface area (Å²) >= 11 is 0. The SMILES string of the molecule is CCCCC/C=C\C/C=C\CCCCCCCCCCCC(=O)OC(COCCCCCCCCCCCCCCCCCCCCCCCCC)COP(=O)(O)OCCN. The van der Waals surface area contributed by atoms with Gasteiger partial charge >= 0.3 is 13.8 Å². The monoisotopic (exact) mass is 884 g/mol. The van der Waals surface area contributed by atoms with Crippen molar-refractivity contribution in [3.05, 3.63) is 24.3 Å². The van der Waals surface area contributed by atoms with Crippen molar-refractivity contribution in [2.75, 3.05) is 33.0 Å². The van der Waals surface area contributed by atoms with Gasteiger partial charge in [0.15, 0.2) is 0 Å². The molecule has 0 aromatic rings. The van der Waals surface area contributed by atoms with Crippen LogP contribution in [-0.4, -0.2) is 49.9 Å². The fourth-order valence-electron chi connectivity index (χ4n) is 7.74. The summed E-state index contributed by atoms with van der Waals surface area (Å²) in [4.78, 5) is 22.6. The van der Waals surface area contributed by atoms with Crippen LogP contribution in [0.4, 0.5) is 0 Å². The highest BCUT2D eigenvalue weighted by Gasteiger charge is 2.25. The number of phosphoric ester groups is 1. The molecule has 0 aromatic heterocycles. The van der Waals surface area contributed by atoms with Gasteiger partial charge in [0.2, 0.25) is 0 Å². The molecule has 0 aliphatic rings. The zero-order chi connectivity index (χ0) is 44.4. The first kappa shape index (κ1) is 60.0. The van der Waals surface area contributed by atoms with Crippen molar-refractivity contribution in [2.45, 2.75) is 270 Å². The van der Waals surface area contributed by atoms with Crippen LogP contribution < -0.4 is 5.73 Å². The van der Waals surface area contributed by atoms with Gasteiger partial charge in [-0.3, -0.25) is 13.8 Å². The molecule has 8 nitrogen and oxygen atoms in total. The summed E-state index contributed by atoms with van der Waals surface area (Å²) < 4.78 is 33.6. The summed E-state index contributed by atoms with van der Waals surface area (Å²) in [5.41, 5.74) is 5.39. The first-order valence-electron chi connectivity index (χ1n) is 26.3. The van der Waals surface area contributed by atoms with Gasteiger partial charge in [-0.1, -0.05) is 237 Å². The van der Waals surface area contributed by atoms with Crippen LogP contribution in [0.25, 0.3) is 0 Å². The zero-order valence-electron chi connectivity index (χ0n) is 40.4. The van der Waals surface area contributed by atoms with Crippen LogP contribution in [-0.2, 0) is 27.9 Å². The average Bonchev–Trinajstić information content (AvgIpc) is 3.25. The third-order valence-electron chi connectivity index (χ3n) is 11.6. The van der Waals surface area contributed by atoms with E-state index in [9.17, 15) is 14.3 Å². The number of esters is 1. The third kappa shape index (κ3) is 49.8. The lowest BCUT2D eigenvalue weighted by Gasteiger charge is -2.20. The molecule has 0 saturated heterocycles. The van der Waals surface area contributed by atoms with Gasteiger partial charge in [0.05, 0.1) is 19.8 Å². The van der Waals surface area contributed by atoms with E-state index in [-0.39, 0.29) is 32.3 Å². The smallest absolute Gasteiger partial charge is 0.457 e. The normalized spacial score (nSPS) is 13.4. The van der Waals surface area contributed by atoms with Crippen molar-refractivity contribution in [3.63, 3.8) is 0 Å². The van der Waals surface area contributed by atoms with E-state index in [0.29, 0.717) is 13.0 Å². The fraction of sp³-hybridized carbons (Fsp3) is 0.904. The molecule has 61 heavy (non-hydrogen) atoms. The van der Waals surface area contributed by atoms with E-state index in [4.69, 9.17) is 24.3 Å². The lowest BCUT2D eigenvalue weighted by Crippen LogP contribution is -2.28. The molecule has 0 fully saturated rings. The Morgan fingerprint density at radius 2 is 0.869 bits per heavy atom. The van der Waals surface area contributed by atoms with E-state index in [1.54, 1.807) is 0 Å². The van der Waals surface area contributed by atoms with Gasteiger partial charge in [-0.15, -0.1) is 0 Å². The molecular formula is C52H102NO7P. The van der Waals surface area contributed by atoms with Gasteiger partial charge in [-0.2, -0.15) is 0 Å². The topological polar surface area (TPSA) is 117 Å². The van der Waals surface area contributed by atoms with E-state index in [1.165, 1.54) is 205 Å². The Labute approximate surface area is 378 Å². The fourth-order valence-corrected chi connectivity index (χ4v) is 8.50. The van der Waals surface area contributed by atoms with Crippen LogP contribution in [0, 0.1) is 0 Å². The highest BCUT2D eigenvalue weighted by Crippen LogP contribution is 2.43. The van der Waals surface area contributed by atoms with Crippen molar-refractivity contribution in [3.8, 4) is 0 Å². The molecular weight excluding hydrogens is 782 g/mol. The summed E-state index contributed by atoms with van der Waals surface area (Å²) in [5.74, 6) is -0.329. The van der Waals surface area contributed by atoms with Crippen LogP contribution in [0.3, 0.4) is 0 Å². The van der Waals surface area contributed by atoms with Crippen molar-refractivity contribution in [1.82, 2.24) is 0 Å². The molecule has 9 heteroatoms.